The number of fused-ring (bicyclic) bond motifs is 1. The molecule has 0 saturated carbocycles. The number of methoxy groups -OCH3 is 2. The van der Waals surface area contributed by atoms with Crippen molar-refractivity contribution in [3.63, 3.8) is 0 Å². The highest BCUT2D eigenvalue weighted by molar-refractivity contribution is 5.49. The van der Waals surface area contributed by atoms with Gasteiger partial charge in [-0.2, -0.15) is 0 Å². The zero-order valence-electron chi connectivity index (χ0n) is 10.2. The van der Waals surface area contributed by atoms with E-state index < -0.39 is 0 Å². The van der Waals surface area contributed by atoms with Crippen LogP contribution in [0.4, 0.5) is 0 Å². The molecular formula is C13H19NO2. The summed E-state index contributed by atoms with van der Waals surface area (Å²) in [6.45, 7) is 4.20. The Morgan fingerprint density at radius 1 is 1.25 bits per heavy atom. The maximum atomic E-state index is 5.35. The zero-order valence-corrected chi connectivity index (χ0v) is 10.2. The molecule has 16 heavy (non-hydrogen) atoms. The van der Waals surface area contributed by atoms with Crippen molar-refractivity contribution in [2.45, 2.75) is 25.8 Å². The van der Waals surface area contributed by atoms with Crippen LogP contribution < -0.4 is 14.8 Å². The Bertz CT molecular complexity index is 376. The van der Waals surface area contributed by atoms with Gasteiger partial charge >= 0.3 is 0 Å². The van der Waals surface area contributed by atoms with Gasteiger partial charge in [0.2, 0.25) is 0 Å². The first kappa shape index (κ1) is 11.3. The summed E-state index contributed by atoms with van der Waals surface area (Å²) < 4.78 is 10.7. The first-order valence-electron chi connectivity index (χ1n) is 5.75. The lowest BCUT2D eigenvalue weighted by Crippen LogP contribution is -2.27. The maximum Gasteiger partial charge on any atom is 0.161 e. The van der Waals surface area contributed by atoms with Gasteiger partial charge < -0.3 is 14.8 Å². The van der Waals surface area contributed by atoms with E-state index >= 15 is 0 Å². The molecule has 1 N–H and O–H groups in total. The number of hydrogen-bond donors (Lipinski definition) is 1. The number of hydrogen-bond acceptors (Lipinski definition) is 3. The highest BCUT2D eigenvalue weighted by Gasteiger charge is 2.21. The zero-order chi connectivity index (χ0) is 11.5. The number of benzene rings is 1. The molecule has 0 bridgehead atoms. The third-order valence-corrected chi connectivity index (χ3v) is 3.28. The van der Waals surface area contributed by atoms with E-state index in [1.165, 1.54) is 11.1 Å². The quantitative estimate of drug-likeness (QED) is 0.849. The van der Waals surface area contributed by atoms with E-state index in [0.717, 1.165) is 31.0 Å². The predicted molar refractivity (Wildman–Crippen MR) is 64.3 cm³/mol. The number of nitrogens with one attached hydrogen (secondary N) is 1. The smallest absolute Gasteiger partial charge is 0.161 e. The minimum Gasteiger partial charge on any atom is -0.493 e. The fourth-order valence-corrected chi connectivity index (χ4v) is 2.33. The maximum absolute atomic E-state index is 5.35. The monoisotopic (exact) mass is 221 g/mol. The van der Waals surface area contributed by atoms with Gasteiger partial charge in [-0.1, -0.05) is 6.92 Å². The summed E-state index contributed by atoms with van der Waals surface area (Å²) in [5.74, 6) is 2.24. The lowest BCUT2D eigenvalue weighted by atomic mass is 9.88. The third kappa shape index (κ3) is 1.87. The normalized spacial score (nSPS) is 19.1. The van der Waals surface area contributed by atoms with Crippen molar-refractivity contribution in [1.82, 2.24) is 5.32 Å². The molecule has 0 saturated heterocycles. The predicted octanol–water partition coefficient (Wildman–Crippen LogP) is 2.30. The largest absolute Gasteiger partial charge is 0.493 e. The number of rotatable bonds is 3. The lowest BCUT2D eigenvalue weighted by Gasteiger charge is -2.26. The molecule has 1 atom stereocenters. The molecular weight excluding hydrogens is 202 g/mol. The summed E-state index contributed by atoms with van der Waals surface area (Å²) in [4.78, 5) is 0. The Labute approximate surface area is 96.8 Å². The Kier molecular flexibility index (Phi) is 3.34. The van der Waals surface area contributed by atoms with Gasteiger partial charge in [0.25, 0.3) is 0 Å². The van der Waals surface area contributed by atoms with Gasteiger partial charge in [-0.05, 0) is 35.6 Å². The van der Waals surface area contributed by atoms with Crippen molar-refractivity contribution in [2.24, 2.45) is 0 Å². The molecule has 0 amide bonds. The molecule has 2 rings (SSSR count). The van der Waals surface area contributed by atoms with Gasteiger partial charge in [0.15, 0.2) is 11.5 Å². The van der Waals surface area contributed by atoms with E-state index in [9.17, 15) is 0 Å². The summed E-state index contributed by atoms with van der Waals surface area (Å²) in [7, 11) is 3.37. The highest BCUT2D eigenvalue weighted by Crippen LogP contribution is 2.36. The van der Waals surface area contributed by atoms with Crippen LogP contribution in [0.5, 0.6) is 11.5 Å². The molecule has 3 heteroatoms. The van der Waals surface area contributed by atoms with Crippen molar-refractivity contribution < 1.29 is 9.47 Å². The Balaban J connectivity index is 2.46. The molecule has 1 aliphatic heterocycles. The van der Waals surface area contributed by atoms with E-state index in [-0.39, 0.29) is 0 Å². The first-order chi connectivity index (χ1) is 7.80. The second-order valence-corrected chi connectivity index (χ2v) is 4.14. The summed E-state index contributed by atoms with van der Waals surface area (Å²) in [5.41, 5.74) is 2.73. The van der Waals surface area contributed by atoms with Crippen molar-refractivity contribution in [3.05, 3.63) is 23.3 Å². The fourth-order valence-electron chi connectivity index (χ4n) is 2.33. The average molecular weight is 221 g/mol. The van der Waals surface area contributed by atoms with Crippen molar-refractivity contribution >= 4 is 0 Å². The molecule has 1 aliphatic rings. The molecule has 1 unspecified atom stereocenters. The molecule has 0 aromatic heterocycles. The Hall–Kier alpha value is -1.22. The standard InChI is InChI=1S/C13H19NO2/c1-4-9-7-14-8-10-5-12(15-2)13(16-3)6-11(9)10/h5-6,9,14H,4,7-8H2,1-3H3. The van der Waals surface area contributed by atoms with Crippen LogP contribution in [0, 0.1) is 0 Å². The van der Waals surface area contributed by atoms with Gasteiger partial charge in [0, 0.05) is 13.1 Å². The van der Waals surface area contributed by atoms with E-state index in [1.807, 2.05) is 0 Å². The summed E-state index contributed by atoms with van der Waals surface area (Å²) in [6.07, 6.45) is 1.15. The Morgan fingerprint density at radius 3 is 2.56 bits per heavy atom. The lowest BCUT2D eigenvalue weighted by molar-refractivity contribution is 0.352. The number of ether oxygens (including phenoxy) is 2. The summed E-state index contributed by atoms with van der Waals surface area (Å²) >= 11 is 0. The molecule has 1 aromatic carbocycles. The Morgan fingerprint density at radius 2 is 1.94 bits per heavy atom. The molecule has 0 aliphatic carbocycles. The minimum atomic E-state index is 0.587. The third-order valence-electron chi connectivity index (χ3n) is 3.28. The van der Waals surface area contributed by atoms with Crippen molar-refractivity contribution in [3.8, 4) is 11.5 Å². The van der Waals surface area contributed by atoms with Crippen molar-refractivity contribution in [1.29, 1.82) is 0 Å². The summed E-state index contributed by atoms with van der Waals surface area (Å²) in [5, 5.41) is 3.43. The van der Waals surface area contributed by atoms with Gasteiger partial charge in [0.05, 0.1) is 14.2 Å². The van der Waals surface area contributed by atoms with Gasteiger partial charge in [-0.3, -0.25) is 0 Å². The van der Waals surface area contributed by atoms with Crippen LogP contribution in [0.3, 0.4) is 0 Å². The van der Waals surface area contributed by atoms with Crippen LogP contribution in [-0.4, -0.2) is 20.8 Å². The van der Waals surface area contributed by atoms with Crippen LogP contribution in [0.2, 0.25) is 0 Å². The van der Waals surface area contributed by atoms with Crippen LogP contribution in [-0.2, 0) is 6.54 Å². The van der Waals surface area contributed by atoms with Gasteiger partial charge in [-0.15, -0.1) is 0 Å². The SMILES string of the molecule is CCC1CNCc2cc(OC)c(OC)cc21. The van der Waals surface area contributed by atoms with Crippen LogP contribution >= 0.6 is 0 Å². The van der Waals surface area contributed by atoms with Crippen LogP contribution in [0.15, 0.2) is 12.1 Å². The van der Waals surface area contributed by atoms with Gasteiger partial charge in [-0.25, -0.2) is 0 Å². The molecule has 0 radical (unpaired) electrons. The summed E-state index contributed by atoms with van der Waals surface area (Å²) in [6, 6.07) is 4.21. The second-order valence-electron chi connectivity index (χ2n) is 4.14. The van der Waals surface area contributed by atoms with Crippen molar-refractivity contribution in [2.75, 3.05) is 20.8 Å². The van der Waals surface area contributed by atoms with E-state index in [1.54, 1.807) is 14.2 Å². The molecule has 1 aromatic rings. The van der Waals surface area contributed by atoms with E-state index in [0.29, 0.717) is 5.92 Å². The van der Waals surface area contributed by atoms with Crippen LogP contribution in [0.25, 0.3) is 0 Å². The van der Waals surface area contributed by atoms with E-state index in [4.69, 9.17) is 9.47 Å². The second kappa shape index (κ2) is 4.74. The molecule has 0 fully saturated rings. The van der Waals surface area contributed by atoms with Crippen LogP contribution in [0.1, 0.15) is 30.4 Å². The highest BCUT2D eigenvalue weighted by atomic mass is 16.5. The average Bonchev–Trinajstić information content (AvgIpc) is 2.36. The molecule has 1 heterocycles. The molecule has 0 spiro atoms. The molecule has 3 nitrogen and oxygen atoms in total. The topological polar surface area (TPSA) is 30.5 Å². The van der Waals surface area contributed by atoms with Gasteiger partial charge in [0.1, 0.15) is 0 Å². The first-order valence-corrected chi connectivity index (χ1v) is 5.75. The minimum absolute atomic E-state index is 0.587. The molecule has 88 valence electrons. The fraction of sp³-hybridized carbons (Fsp3) is 0.538. The van der Waals surface area contributed by atoms with E-state index in [2.05, 4.69) is 24.4 Å².